The predicted octanol–water partition coefficient (Wildman–Crippen LogP) is 1.39. The molecule has 0 spiro atoms. The third kappa shape index (κ3) is 3.17. The summed E-state index contributed by atoms with van der Waals surface area (Å²) in [6, 6.07) is 0. The quantitative estimate of drug-likeness (QED) is 0.479. The van der Waals surface area contributed by atoms with Gasteiger partial charge in [-0.2, -0.15) is 5.10 Å². The van der Waals surface area contributed by atoms with Crippen LogP contribution in [-0.2, 0) is 0 Å². The number of hydrazone groups is 1. The van der Waals surface area contributed by atoms with Crippen molar-refractivity contribution in [2.24, 2.45) is 16.8 Å². The van der Waals surface area contributed by atoms with Gasteiger partial charge in [-0.25, -0.2) is 0 Å². The second-order valence-electron chi connectivity index (χ2n) is 3.36. The van der Waals surface area contributed by atoms with Crippen LogP contribution in [0.1, 0.15) is 32.6 Å². The van der Waals surface area contributed by atoms with Crippen LogP contribution < -0.4 is 11.2 Å². The third-order valence-electron chi connectivity index (χ3n) is 2.07. The van der Waals surface area contributed by atoms with Gasteiger partial charge in [-0.15, -0.1) is 0 Å². The SMILES string of the molecule is C[C@H]1CCCC(=NNC(N)=S)C1. The minimum Gasteiger partial charge on any atom is -0.375 e. The van der Waals surface area contributed by atoms with Crippen molar-refractivity contribution in [1.82, 2.24) is 5.43 Å². The molecule has 1 atom stereocenters. The number of nitrogens with one attached hydrogen (secondary N) is 1. The van der Waals surface area contributed by atoms with E-state index in [1.54, 1.807) is 0 Å². The van der Waals surface area contributed by atoms with E-state index in [2.05, 4.69) is 29.7 Å². The summed E-state index contributed by atoms with van der Waals surface area (Å²) >= 11 is 4.65. The molecule has 1 aliphatic rings. The molecule has 0 amide bonds. The summed E-state index contributed by atoms with van der Waals surface area (Å²) in [4.78, 5) is 0. The molecule has 0 saturated heterocycles. The molecular weight excluding hydrogens is 170 g/mol. The lowest BCUT2D eigenvalue weighted by Crippen LogP contribution is -2.26. The monoisotopic (exact) mass is 185 g/mol. The van der Waals surface area contributed by atoms with Crippen molar-refractivity contribution in [3.63, 3.8) is 0 Å². The second kappa shape index (κ2) is 4.40. The highest BCUT2D eigenvalue weighted by atomic mass is 32.1. The van der Waals surface area contributed by atoms with E-state index in [0.717, 1.165) is 18.8 Å². The molecule has 0 aliphatic heterocycles. The molecule has 0 aromatic rings. The summed E-state index contributed by atoms with van der Waals surface area (Å²) in [5, 5.41) is 4.38. The number of nitrogens with zero attached hydrogens (tertiary/aromatic N) is 1. The van der Waals surface area contributed by atoms with Crippen molar-refractivity contribution in [2.75, 3.05) is 0 Å². The fourth-order valence-electron chi connectivity index (χ4n) is 1.50. The molecule has 12 heavy (non-hydrogen) atoms. The van der Waals surface area contributed by atoms with Crippen LogP contribution in [0.25, 0.3) is 0 Å². The second-order valence-corrected chi connectivity index (χ2v) is 3.80. The largest absolute Gasteiger partial charge is 0.375 e. The Kier molecular flexibility index (Phi) is 3.47. The number of nitrogens with two attached hydrogens (primary N) is 1. The Morgan fingerprint density at radius 1 is 1.75 bits per heavy atom. The minimum absolute atomic E-state index is 0.251. The van der Waals surface area contributed by atoms with Gasteiger partial charge in [0, 0.05) is 5.71 Å². The van der Waals surface area contributed by atoms with E-state index < -0.39 is 0 Å². The highest BCUT2D eigenvalue weighted by Gasteiger charge is 2.13. The summed E-state index contributed by atoms with van der Waals surface area (Å²) in [5.74, 6) is 0.755. The number of rotatable bonds is 1. The Hall–Kier alpha value is -0.640. The lowest BCUT2D eigenvalue weighted by atomic mass is 9.89. The Balaban J connectivity index is 2.39. The maximum atomic E-state index is 5.26. The van der Waals surface area contributed by atoms with Crippen molar-refractivity contribution in [3.05, 3.63) is 0 Å². The summed E-state index contributed by atoms with van der Waals surface area (Å²) < 4.78 is 0. The molecule has 0 heterocycles. The number of thiocarbonyl (C=S) groups is 1. The van der Waals surface area contributed by atoms with Crippen LogP contribution in [0, 0.1) is 5.92 Å². The van der Waals surface area contributed by atoms with Crippen molar-refractivity contribution in [1.29, 1.82) is 0 Å². The van der Waals surface area contributed by atoms with Crippen LogP contribution in [0.3, 0.4) is 0 Å². The van der Waals surface area contributed by atoms with Crippen molar-refractivity contribution in [3.8, 4) is 0 Å². The molecule has 1 aliphatic carbocycles. The van der Waals surface area contributed by atoms with Gasteiger partial charge >= 0.3 is 0 Å². The fraction of sp³-hybridized carbons (Fsp3) is 0.750. The molecule has 4 heteroatoms. The van der Waals surface area contributed by atoms with Gasteiger partial charge in [-0.1, -0.05) is 6.92 Å². The molecule has 0 aromatic carbocycles. The molecule has 1 saturated carbocycles. The van der Waals surface area contributed by atoms with Gasteiger partial charge in [-0.05, 0) is 43.8 Å². The highest BCUT2D eigenvalue weighted by molar-refractivity contribution is 7.80. The third-order valence-corrected chi connectivity index (χ3v) is 2.16. The van der Waals surface area contributed by atoms with E-state index in [9.17, 15) is 0 Å². The first-order chi connectivity index (χ1) is 5.68. The first-order valence-corrected chi connectivity index (χ1v) is 4.70. The maximum absolute atomic E-state index is 5.26. The molecule has 1 rings (SSSR count). The van der Waals surface area contributed by atoms with Crippen LogP contribution >= 0.6 is 12.2 Å². The Morgan fingerprint density at radius 3 is 3.08 bits per heavy atom. The van der Waals surface area contributed by atoms with Crippen LogP contribution in [0.2, 0.25) is 0 Å². The molecular formula is C8H15N3S. The first kappa shape index (κ1) is 9.45. The van der Waals surface area contributed by atoms with E-state index in [4.69, 9.17) is 5.73 Å². The fourth-order valence-corrected chi connectivity index (χ4v) is 1.54. The van der Waals surface area contributed by atoms with Crippen LogP contribution in [-0.4, -0.2) is 10.8 Å². The van der Waals surface area contributed by atoms with E-state index in [0.29, 0.717) is 0 Å². The maximum Gasteiger partial charge on any atom is 0.184 e. The van der Waals surface area contributed by atoms with Crippen LogP contribution in [0.15, 0.2) is 5.10 Å². The zero-order valence-corrected chi connectivity index (χ0v) is 8.16. The Bertz CT molecular complexity index is 200. The molecule has 0 radical (unpaired) electrons. The molecule has 68 valence electrons. The molecule has 3 N–H and O–H groups in total. The molecule has 0 unspecified atom stereocenters. The molecule has 0 bridgehead atoms. The van der Waals surface area contributed by atoms with E-state index in [1.807, 2.05) is 0 Å². The smallest absolute Gasteiger partial charge is 0.184 e. The van der Waals surface area contributed by atoms with E-state index in [1.165, 1.54) is 18.6 Å². The van der Waals surface area contributed by atoms with Crippen LogP contribution in [0.5, 0.6) is 0 Å². The van der Waals surface area contributed by atoms with Gasteiger partial charge in [0.25, 0.3) is 0 Å². The van der Waals surface area contributed by atoms with Gasteiger partial charge in [-0.3, -0.25) is 5.43 Å². The van der Waals surface area contributed by atoms with Gasteiger partial charge in [0.1, 0.15) is 0 Å². The topological polar surface area (TPSA) is 50.4 Å². The Morgan fingerprint density at radius 2 is 2.50 bits per heavy atom. The summed E-state index contributed by atoms with van der Waals surface area (Å²) in [6.07, 6.45) is 4.71. The van der Waals surface area contributed by atoms with Crippen molar-refractivity contribution in [2.45, 2.75) is 32.6 Å². The molecule has 1 fully saturated rings. The Labute approximate surface area is 78.4 Å². The highest BCUT2D eigenvalue weighted by Crippen LogP contribution is 2.20. The number of hydrogen-bond donors (Lipinski definition) is 2. The van der Waals surface area contributed by atoms with E-state index >= 15 is 0 Å². The molecule has 0 aromatic heterocycles. The zero-order chi connectivity index (χ0) is 8.97. The van der Waals surface area contributed by atoms with Gasteiger partial charge in [0.2, 0.25) is 0 Å². The molecule has 3 nitrogen and oxygen atoms in total. The van der Waals surface area contributed by atoms with Crippen LogP contribution in [0.4, 0.5) is 0 Å². The lowest BCUT2D eigenvalue weighted by molar-refractivity contribution is 0.498. The number of hydrogen-bond acceptors (Lipinski definition) is 2. The predicted molar refractivity (Wildman–Crippen MR) is 55.0 cm³/mol. The average Bonchev–Trinajstić information content (AvgIpc) is 2.01. The normalized spacial score (nSPS) is 27.1. The standard InChI is InChI=1S/C8H15N3S/c1-6-3-2-4-7(5-6)10-11-8(9)12/h6H,2-5H2,1H3,(H3,9,11,12)/t6-/m0/s1. The first-order valence-electron chi connectivity index (χ1n) is 4.29. The van der Waals surface area contributed by atoms with Gasteiger partial charge in [0.05, 0.1) is 0 Å². The summed E-state index contributed by atoms with van der Waals surface area (Å²) in [5.41, 5.74) is 9.09. The summed E-state index contributed by atoms with van der Waals surface area (Å²) in [6.45, 7) is 2.25. The average molecular weight is 185 g/mol. The van der Waals surface area contributed by atoms with Gasteiger partial charge < -0.3 is 5.73 Å². The van der Waals surface area contributed by atoms with E-state index in [-0.39, 0.29) is 5.11 Å². The summed E-state index contributed by atoms with van der Waals surface area (Å²) in [7, 11) is 0. The zero-order valence-electron chi connectivity index (χ0n) is 7.34. The van der Waals surface area contributed by atoms with Crippen molar-refractivity contribution < 1.29 is 0 Å². The van der Waals surface area contributed by atoms with Gasteiger partial charge in [0.15, 0.2) is 5.11 Å². The van der Waals surface area contributed by atoms with Crippen molar-refractivity contribution >= 4 is 23.0 Å². The lowest BCUT2D eigenvalue weighted by Gasteiger charge is -2.18. The minimum atomic E-state index is 0.251.